The van der Waals surface area contributed by atoms with Crippen molar-refractivity contribution in [3.63, 3.8) is 0 Å². The first kappa shape index (κ1) is 15.7. The molecule has 1 rings (SSSR count). The average molecular weight is 269 g/mol. The third-order valence-electron chi connectivity index (χ3n) is 2.86. The topological polar surface area (TPSA) is 61.9 Å². The highest BCUT2D eigenvalue weighted by atomic mass is 16.5. The van der Waals surface area contributed by atoms with Crippen LogP contribution in [0.25, 0.3) is 0 Å². The van der Waals surface area contributed by atoms with Crippen molar-refractivity contribution in [1.82, 2.24) is 15.1 Å². The molecule has 0 aromatic rings. The summed E-state index contributed by atoms with van der Waals surface area (Å²) >= 11 is 0. The first-order chi connectivity index (χ1) is 8.86. The summed E-state index contributed by atoms with van der Waals surface area (Å²) in [4.78, 5) is 26.9. The van der Waals surface area contributed by atoms with E-state index in [1.165, 1.54) is 13.2 Å². The van der Waals surface area contributed by atoms with Crippen LogP contribution in [0.3, 0.4) is 0 Å². The van der Waals surface area contributed by atoms with E-state index in [4.69, 9.17) is 4.74 Å². The first-order valence-corrected chi connectivity index (χ1v) is 6.26. The maximum Gasteiger partial charge on any atom is 0.248 e. The van der Waals surface area contributed by atoms with Crippen LogP contribution in [-0.4, -0.2) is 74.6 Å². The summed E-state index contributed by atoms with van der Waals surface area (Å²) in [6, 6.07) is 0. The van der Waals surface area contributed by atoms with Crippen LogP contribution in [0.5, 0.6) is 0 Å². The summed E-state index contributed by atoms with van der Waals surface area (Å²) in [7, 11) is 5.37. The fraction of sp³-hybridized carbons (Fsp3) is 0.692. The van der Waals surface area contributed by atoms with Gasteiger partial charge < -0.3 is 19.9 Å². The van der Waals surface area contributed by atoms with Crippen LogP contribution in [-0.2, 0) is 14.3 Å². The monoisotopic (exact) mass is 269 g/mol. The van der Waals surface area contributed by atoms with E-state index in [0.29, 0.717) is 13.1 Å². The van der Waals surface area contributed by atoms with Crippen molar-refractivity contribution in [2.75, 3.05) is 47.4 Å². The molecule has 108 valence electrons. The molecule has 1 aliphatic heterocycles. The maximum absolute atomic E-state index is 11.7. The van der Waals surface area contributed by atoms with Gasteiger partial charge in [0.25, 0.3) is 0 Å². The molecular weight excluding hydrogens is 246 g/mol. The van der Waals surface area contributed by atoms with Gasteiger partial charge in [0.1, 0.15) is 6.61 Å². The molecule has 0 aliphatic carbocycles. The summed E-state index contributed by atoms with van der Waals surface area (Å²) in [6.07, 6.45) is 3.34. The van der Waals surface area contributed by atoms with Gasteiger partial charge in [0.2, 0.25) is 11.8 Å². The number of nitrogens with zero attached hydrogens (tertiary/aromatic N) is 2. The smallest absolute Gasteiger partial charge is 0.248 e. The van der Waals surface area contributed by atoms with Gasteiger partial charge >= 0.3 is 0 Å². The fourth-order valence-corrected chi connectivity index (χ4v) is 1.98. The molecule has 0 bridgehead atoms. The number of ether oxygens (including phenoxy) is 1. The van der Waals surface area contributed by atoms with Gasteiger partial charge in [-0.1, -0.05) is 6.08 Å². The number of carbonyl (C=O) groups is 2. The number of likely N-dealkylation sites (tertiary alicyclic amines) is 1. The quantitative estimate of drug-likeness (QED) is 0.658. The Morgan fingerprint density at radius 1 is 1.42 bits per heavy atom. The molecule has 6 nitrogen and oxygen atoms in total. The van der Waals surface area contributed by atoms with E-state index < -0.39 is 0 Å². The fourth-order valence-electron chi connectivity index (χ4n) is 1.98. The van der Waals surface area contributed by atoms with E-state index >= 15 is 0 Å². The highest BCUT2D eigenvalue weighted by molar-refractivity contribution is 5.88. The Bertz CT molecular complexity index is 360. The first-order valence-electron chi connectivity index (χ1n) is 6.26. The Balaban J connectivity index is 2.33. The van der Waals surface area contributed by atoms with E-state index in [1.807, 2.05) is 32.0 Å². The highest BCUT2D eigenvalue weighted by Gasteiger charge is 2.41. The zero-order chi connectivity index (χ0) is 14.5. The Labute approximate surface area is 114 Å². The Morgan fingerprint density at radius 2 is 2.05 bits per heavy atom. The number of nitrogens with one attached hydrogen (secondary N) is 1. The molecule has 0 atom stereocenters. The molecule has 0 aromatic heterocycles. The largest absolute Gasteiger partial charge is 0.375 e. The van der Waals surface area contributed by atoms with E-state index in [1.54, 1.807) is 4.90 Å². The van der Waals surface area contributed by atoms with Crippen molar-refractivity contribution in [2.45, 2.75) is 12.5 Å². The van der Waals surface area contributed by atoms with Crippen LogP contribution in [0.2, 0.25) is 0 Å². The molecule has 6 heteroatoms. The average Bonchev–Trinajstić information content (AvgIpc) is 2.25. The summed E-state index contributed by atoms with van der Waals surface area (Å²) in [5, 5.41) is 2.91. The zero-order valence-corrected chi connectivity index (χ0v) is 12.1. The zero-order valence-electron chi connectivity index (χ0n) is 12.1. The van der Waals surface area contributed by atoms with Crippen molar-refractivity contribution < 1.29 is 14.3 Å². The molecule has 0 unspecified atom stereocenters. The normalized spacial score (nSPS) is 17.6. The van der Waals surface area contributed by atoms with Gasteiger partial charge in [-0.2, -0.15) is 0 Å². The standard InChI is InChI=1S/C13H23N3O3/c1-13(9-16(10-13)12(18)8-19-4)14-11(17)6-5-7-15(2)3/h5-6H,7-10H2,1-4H3,(H,14,17)/b6-5+. The van der Waals surface area contributed by atoms with Crippen LogP contribution in [0.15, 0.2) is 12.2 Å². The van der Waals surface area contributed by atoms with E-state index in [2.05, 4.69) is 5.32 Å². The van der Waals surface area contributed by atoms with Crippen LogP contribution in [0, 0.1) is 0 Å². The molecule has 1 fully saturated rings. The van der Waals surface area contributed by atoms with Crippen molar-refractivity contribution in [1.29, 1.82) is 0 Å². The number of carbonyl (C=O) groups excluding carboxylic acids is 2. The molecule has 1 heterocycles. The highest BCUT2D eigenvalue weighted by Crippen LogP contribution is 2.20. The Hall–Kier alpha value is -1.40. The predicted molar refractivity (Wildman–Crippen MR) is 72.7 cm³/mol. The second-order valence-electron chi connectivity index (χ2n) is 5.40. The molecule has 1 aliphatic rings. The number of hydrogen-bond donors (Lipinski definition) is 1. The van der Waals surface area contributed by atoms with Crippen molar-refractivity contribution in [2.24, 2.45) is 0 Å². The molecule has 19 heavy (non-hydrogen) atoms. The minimum absolute atomic E-state index is 0.0441. The Kier molecular flexibility index (Phi) is 5.50. The molecule has 1 saturated heterocycles. The lowest BCUT2D eigenvalue weighted by atomic mass is 9.92. The lowest BCUT2D eigenvalue weighted by Gasteiger charge is -2.48. The van der Waals surface area contributed by atoms with E-state index in [9.17, 15) is 9.59 Å². The summed E-state index contributed by atoms with van der Waals surface area (Å²) in [5.74, 6) is -0.166. The minimum Gasteiger partial charge on any atom is -0.375 e. The van der Waals surface area contributed by atoms with Crippen LogP contribution in [0.4, 0.5) is 0 Å². The minimum atomic E-state index is -0.330. The van der Waals surface area contributed by atoms with Gasteiger partial charge in [0, 0.05) is 32.8 Å². The van der Waals surface area contributed by atoms with Crippen LogP contribution < -0.4 is 5.32 Å². The second kappa shape index (κ2) is 6.68. The van der Waals surface area contributed by atoms with Gasteiger partial charge in [-0.05, 0) is 21.0 Å². The summed E-state index contributed by atoms with van der Waals surface area (Å²) in [6.45, 7) is 3.81. The number of likely N-dealkylation sites (N-methyl/N-ethyl adjacent to an activating group) is 1. The number of amides is 2. The molecular formula is C13H23N3O3. The molecule has 0 saturated carbocycles. The second-order valence-corrected chi connectivity index (χ2v) is 5.40. The van der Waals surface area contributed by atoms with E-state index in [-0.39, 0.29) is 24.0 Å². The van der Waals surface area contributed by atoms with Gasteiger partial charge in [0.05, 0.1) is 5.54 Å². The predicted octanol–water partition coefficient (Wildman–Crippen LogP) is -0.532. The maximum atomic E-state index is 11.7. The Morgan fingerprint density at radius 3 is 2.58 bits per heavy atom. The molecule has 0 aromatic carbocycles. The van der Waals surface area contributed by atoms with Crippen molar-refractivity contribution >= 4 is 11.8 Å². The number of methoxy groups -OCH3 is 1. The van der Waals surface area contributed by atoms with Crippen LogP contribution in [0.1, 0.15) is 6.92 Å². The van der Waals surface area contributed by atoms with E-state index in [0.717, 1.165) is 6.54 Å². The third-order valence-corrected chi connectivity index (χ3v) is 2.86. The lowest BCUT2D eigenvalue weighted by molar-refractivity contribution is -0.144. The van der Waals surface area contributed by atoms with Gasteiger partial charge in [-0.3, -0.25) is 9.59 Å². The molecule has 0 radical (unpaired) electrons. The molecule has 2 amide bonds. The summed E-state index contributed by atoms with van der Waals surface area (Å²) in [5.41, 5.74) is -0.330. The lowest BCUT2D eigenvalue weighted by Crippen LogP contribution is -2.69. The summed E-state index contributed by atoms with van der Waals surface area (Å²) < 4.78 is 4.79. The van der Waals surface area contributed by atoms with Crippen molar-refractivity contribution in [3.8, 4) is 0 Å². The molecule has 1 N–H and O–H groups in total. The third kappa shape index (κ3) is 5.00. The van der Waals surface area contributed by atoms with Gasteiger partial charge in [0.15, 0.2) is 0 Å². The molecule has 0 spiro atoms. The van der Waals surface area contributed by atoms with Crippen LogP contribution >= 0.6 is 0 Å². The van der Waals surface area contributed by atoms with Gasteiger partial charge in [-0.25, -0.2) is 0 Å². The number of rotatable bonds is 6. The van der Waals surface area contributed by atoms with Crippen molar-refractivity contribution in [3.05, 3.63) is 12.2 Å². The SMILES string of the molecule is COCC(=O)N1CC(C)(NC(=O)/C=C/CN(C)C)C1. The number of hydrogen-bond acceptors (Lipinski definition) is 4. The van der Waals surface area contributed by atoms with Gasteiger partial charge in [-0.15, -0.1) is 0 Å².